The zero-order valence-corrected chi connectivity index (χ0v) is 20.7. The second kappa shape index (κ2) is 9.09. The molecule has 3 N–H and O–H groups in total. The van der Waals surface area contributed by atoms with Gasteiger partial charge in [-0.05, 0) is 30.0 Å². The number of hydrogen-bond acceptors (Lipinski definition) is 6. The highest BCUT2D eigenvalue weighted by Crippen LogP contribution is 2.39. The zero-order chi connectivity index (χ0) is 23.8. The van der Waals surface area contributed by atoms with Gasteiger partial charge < -0.3 is 20.9 Å². The highest BCUT2D eigenvalue weighted by Gasteiger charge is 2.31. The summed E-state index contributed by atoms with van der Waals surface area (Å²) in [6.45, 7) is 8.13. The molecule has 2 aromatic rings. The van der Waals surface area contributed by atoms with Gasteiger partial charge in [-0.15, -0.1) is 0 Å². The molecule has 0 saturated carbocycles. The minimum absolute atomic E-state index is 0.0958. The van der Waals surface area contributed by atoms with Crippen LogP contribution in [0.1, 0.15) is 38.3 Å². The van der Waals surface area contributed by atoms with E-state index in [0.29, 0.717) is 30.1 Å². The molecule has 0 saturated heterocycles. The van der Waals surface area contributed by atoms with E-state index in [2.05, 4.69) is 67.6 Å². The first kappa shape index (κ1) is 23.2. The number of carbonyl (C=O) groups is 1. The van der Waals surface area contributed by atoms with Crippen LogP contribution in [0, 0.1) is 11.2 Å². The van der Waals surface area contributed by atoms with Crippen LogP contribution in [0.2, 0.25) is 0 Å². The summed E-state index contributed by atoms with van der Waals surface area (Å²) in [6, 6.07) is 2.54. The molecule has 1 aromatic carbocycles. The Kier molecular flexibility index (Phi) is 6.38. The third-order valence-corrected chi connectivity index (χ3v) is 6.07. The van der Waals surface area contributed by atoms with Crippen molar-refractivity contribution in [3.8, 4) is 0 Å². The van der Waals surface area contributed by atoms with E-state index in [1.807, 2.05) is 11.0 Å². The number of amides is 2. The number of hydrogen-bond donors (Lipinski definition) is 3. The number of carbonyl (C=O) groups excluding carboxylic acids is 1. The van der Waals surface area contributed by atoms with Gasteiger partial charge in [0.1, 0.15) is 17.5 Å². The molecular weight excluding hydrogens is 489 g/mol. The SMILES string of the molecule is CNc1ncc2c(n1)N1CCN=C1C(c1cc(NC(=O)NCCC(C)(C)C)c(F)cc1Br)=C2. The lowest BCUT2D eigenvalue weighted by molar-refractivity contribution is 0.250. The fourth-order valence-corrected chi connectivity index (χ4v) is 4.22. The number of aromatic nitrogens is 2. The third kappa shape index (κ3) is 5.00. The van der Waals surface area contributed by atoms with Crippen LogP contribution in [0.15, 0.2) is 27.8 Å². The monoisotopic (exact) mass is 515 g/mol. The number of benzene rings is 1. The van der Waals surface area contributed by atoms with Crippen molar-refractivity contribution in [1.29, 1.82) is 0 Å². The summed E-state index contributed by atoms with van der Waals surface area (Å²) in [6.07, 6.45) is 4.51. The number of halogens is 2. The predicted molar refractivity (Wildman–Crippen MR) is 134 cm³/mol. The largest absolute Gasteiger partial charge is 0.357 e. The first-order chi connectivity index (χ1) is 15.7. The summed E-state index contributed by atoms with van der Waals surface area (Å²) >= 11 is 3.48. The first-order valence-electron chi connectivity index (χ1n) is 10.8. The van der Waals surface area contributed by atoms with Crippen LogP contribution in [0.4, 0.5) is 26.6 Å². The second-order valence-electron chi connectivity index (χ2n) is 9.14. The molecule has 33 heavy (non-hydrogen) atoms. The highest BCUT2D eigenvalue weighted by atomic mass is 79.9. The Morgan fingerprint density at radius 3 is 2.82 bits per heavy atom. The van der Waals surface area contributed by atoms with Crippen LogP contribution in [0.25, 0.3) is 11.6 Å². The number of rotatable bonds is 5. The van der Waals surface area contributed by atoms with E-state index >= 15 is 0 Å². The molecule has 10 heteroatoms. The average Bonchev–Trinajstić information content (AvgIpc) is 3.24. The van der Waals surface area contributed by atoms with E-state index in [1.54, 1.807) is 19.3 Å². The summed E-state index contributed by atoms with van der Waals surface area (Å²) < 4.78 is 15.3. The van der Waals surface area contributed by atoms with E-state index in [-0.39, 0.29) is 11.1 Å². The lowest BCUT2D eigenvalue weighted by Crippen LogP contribution is -2.33. The second-order valence-corrected chi connectivity index (χ2v) is 10.00. The van der Waals surface area contributed by atoms with Crippen LogP contribution in [0.3, 0.4) is 0 Å². The van der Waals surface area contributed by atoms with Crippen molar-refractivity contribution in [3.05, 3.63) is 39.7 Å². The third-order valence-electron chi connectivity index (χ3n) is 5.41. The molecule has 0 spiro atoms. The number of nitrogens with zero attached hydrogens (tertiary/aromatic N) is 4. The van der Waals surface area contributed by atoms with Crippen LogP contribution in [-0.4, -0.2) is 48.5 Å². The molecule has 174 valence electrons. The molecular formula is C23H27BrFN7O. The average molecular weight is 516 g/mol. The van der Waals surface area contributed by atoms with E-state index < -0.39 is 11.8 Å². The van der Waals surface area contributed by atoms with Crippen molar-refractivity contribution >= 4 is 56.9 Å². The van der Waals surface area contributed by atoms with Crippen LogP contribution >= 0.6 is 15.9 Å². The first-order valence-corrected chi connectivity index (χ1v) is 11.6. The Labute approximate surface area is 200 Å². The van der Waals surface area contributed by atoms with Crippen molar-refractivity contribution in [2.75, 3.05) is 42.2 Å². The highest BCUT2D eigenvalue weighted by molar-refractivity contribution is 9.10. The summed E-state index contributed by atoms with van der Waals surface area (Å²) in [5.74, 6) is 1.55. The standard InChI is InChI=1S/C23H27BrFN7O/c1-23(2,3)5-6-28-22(33)30-18-10-14(16(24)11-17(18)25)15-9-13-12-29-21(26-4)31-19(13)32-8-7-27-20(15)32/h9-12H,5-8H2,1-4H3,(H,26,29,31)(H2,28,30,33). The quantitative estimate of drug-likeness (QED) is 0.534. The zero-order valence-electron chi connectivity index (χ0n) is 19.1. The molecule has 0 bridgehead atoms. The van der Waals surface area contributed by atoms with Crippen LogP contribution in [0.5, 0.6) is 0 Å². The van der Waals surface area contributed by atoms with Crippen molar-refractivity contribution < 1.29 is 9.18 Å². The summed E-state index contributed by atoms with van der Waals surface area (Å²) in [5, 5.41) is 8.39. The van der Waals surface area contributed by atoms with Crippen LogP contribution in [-0.2, 0) is 0 Å². The Bertz CT molecular complexity index is 1160. The predicted octanol–water partition coefficient (Wildman–Crippen LogP) is 4.75. The lowest BCUT2D eigenvalue weighted by atomic mass is 9.92. The van der Waals surface area contributed by atoms with Gasteiger partial charge in [0.2, 0.25) is 5.95 Å². The van der Waals surface area contributed by atoms with Crippen LogP contribution < -0.4 is 20.9 Å². The fraction of sp³-hybridized carbons (Fsp3) is 0.391. The van der Waals surface area contributed by atoms with Gasteiger partial charge in [0.25, 0.3) is 0 Å². The maximum absolute atomic E-state index is 14.7. The van der Waals surface area contributed by atoms with Crippen molar-refractivity contribution in [3.63, 3.8) is 0 Å². The molecule has 0 radical (unpaired) electrons. The van der Waals surface area contributed by atoms with E-state index in [9.17, 15) is 9.18 Å². The maximum Gasteiger partial charge on any atom is 0.319 e. The summed E-state index contributed by atoms with van der Waals surface area (Å²) in [4.78, 5) is 28.0. The molecule has 4 rings (SSSR count). The molecule has 0 fully saturated rings. The van der Waals surface area contributed by atoms with Gasteiger partial charge in [0, 0.05) is 47.5 Å². The molecule has 2 aliphatic heterocycles. The number of fused-ring (bicyclic) bond motifs is 3. The Hall–Kier alpha value is -3.01. The van der Waals surface area contributed by atoms with Crippen molar-refractivity contribution in [2.45, 2.75) is 27.2 Å². The number of amidine groups is 1. The molecule has 2 aliphatic rings. The smallest absolute Gasteiger partial charge is 0.319 e. The number of urea groups is 1. The van der Waals surface area contributed by atoms with Gasteiger partial charge >= 0.3 is 6.03 Å². The molecule has 8 nitrogen and oxygen atoms in total. The fourth-order valence-electron chi connectivity index (χ4n) is 3.69. The van der Waals surface area contributed by atoms with E-state index in [1.165, 1.54) is 6.07 Å². The molecule has 0 aliphatic carbocycles. The number of aliphatic imine (C=N–C) groups is 1. The summed E-state index contributed by atoms with van der Waals surface area (Å²) in [7, 11) is 1.77. The van der Waals surface area contributed by atoms with Crippen molar-refractivity contribution in [1.82, 2.24) is 15.3 Å². The molecule has 1 aromatic heterocycles. The summed E-state index contributed by atoms with van der Waals surface area (Å²) in [5.41, 5.74) is 2.56. The van der Waals surface area contributed by atoms with Gasteiger partial charge in [0.05, 0.1) is 12.2 Å². The van der Waals surface area contributed by atoms with E-state index in [0.717, 1.165) is 34.8 Å². The Morgan fingerprint density at radius 1 is 1.30 bits per heavy atom. The normalized spacial score (nSPS) is 14.8. The maximum atomic E-state index is 14.7. The van der Waals surface area contributed by atoms with E-state index in [4.69, 9.17) is 0 Å². The Balaban J connectivity index is 1.65. The topological polar surface area (TPSA) is 94.5 Å². The number of anilines is 3. The van der Waals surface area contributed by atoms with Gasteiger partial charge in [-0.25, -0.2) is 14.2 Å². The van der Waals surface area contributed by atoms with Gasteiger partial charge in [0.15, 0.2) is 0 Å². The Morgan fingerprint density at radius 2 is 2.09 bits per heavy atom. The number of nitrogens with one attached hydrogen (secondary N) is 3. The van der Waals surface area contributed by atoms with Gasteiger partial charge in [-0.1, -0.05) is 36.7 Å². The molecule has 0 unspecified atom stereocenters. The molecule has 0 atom stereocenters. The van der Waals surface area contributed by atoms with Crippen molar-refractivity contribution in [2.24, 2.45) is 10.4 Å². The molecule has 3 heterocycles. The lowest BCUT2D eigenvalue weighted by Gasteiger charge is -2.28. The minimum Gasteiger partial charge on any atom is -0.357 e. The van der Waals surface area contributed by atoms with Gasteiger partial charge in [-0.3, -0.25) is 4.99 Å². The molecule has 2 amide bonds. The van der Waals surface area contributed by atoms with Gasteiger partial charge in [-0.2, -0.15) is 4.98 Å². The minimum atomic E-state index is -0.527.